The standard InChI is InChI=1S/C24H23F3N2O5/c1-4-12-34-19-11-6-15(14-20(19)32-3)13-18-21(24(25,26)27)28-29(22(18)30)17-9-7-16(8-10-17)23(31)33-5-2/h6-11,13-14H,4-5,12H2,1-3H3/b18-13-. The number of hydrogen-bond acceptors (Lipinski definition) is 6. The van der Waals surface area contributed by atoms with Crippen molar-refractivity contribution < 1.29 is 37.0 Å². The molecular weight excluding hydrogens is 453 g/mol. The molecule has 0 aliphatic carbocycles. The topological polar surface area (TPSA) is 77.4 Å². The first-order valence-electron chi connectivity index (χ1n) is 10.5. The number of anilines is 1. The molecule has 34 heavy (non-hydrogen) atoms. The van der Waals surface area contributed by atoms with E-state index in [0.29, 0.717) is 28.7 Å². The third-order valence-electron chi connectivity index (χ3n) is 4.73. The zero-order valence-electron chi connectivity index (χ0n) is 18.8. The first kappa shape index (κ1) is 24.8. The second kappa shape index (κ2) is 10.4. The summed E-state index contributed by atoms with van der Waals surface area (Å²) < 4.78 is 56.9. The Labute approximate surface area is 194 Å². The summed E-state index contributed by atoms with van der Waals surface area (Å²) in [5.41, 5.74) is -1.36. The number of esters is 1. The van der Waals surface area contributed by atoms with E-state index in [1.807, 2.05) is 6.92 Å². The van der Waals surface area contributed by atoms with Gasteiger partial charge in [-0.15, -0.1) is 0 Å². The van der Waals surface area contributed by atoms with E-state index in [2.05, 4.69) is 5.10 Å². The minimum absolute atomic E-state index is 0.0732. The second-order valence-electron chi connectivity index (χ2n) is 7.15. The first-order chi connectivity index (χ1) is 16.2. The summed E-state index contributed by atoms with van der Waals surface area (Å²) in [6, 6.07) is 9.93. The molecule has 0 radical (unpaired) electrons. The van der Waals surface area contributed by atoms with E-state index < -0.39 is 29.3 Å². The number of rotatable bonds is 8. The van der Waals surface area contributed by atoms with Crippen molar-refractivity contribution in [2.75, 3.05) is 25.3 Å². The molecule has 7 nitrogen and oxygen atoms in total. The van der Waals surface area contributed by atoms with Crippen molar-refractivity contribution >= 4 is 29.4 Å². The normalized spacial score (nSPS) is 14.9. The molecule has 180 valence electrons. The van der Waals surface area contributed by atoms with Crippen LogP contribution in [0.4, 0.5) is 18.9 Å². The van der Waals surface area contributed by atoms with Gasteiger partial charge < -0.3 is 14.2 Å². The van der Waals surface area contributed by atoms with Crippen molar-refractivity contribution in [3.8, 4) is 11.5 Å². The molecule has 1 aliphatic rings. The van der Waals surface area contributed by atoms with Crippen LogP contribution in [0.3, 0.4) is 0 Å². The van der Waals surface area contributed by atoms with Crippen LogP contribution >= 0.6 is 0 Å². The molecule has 3 rings (SSSR count). The van der Waals surface area contributed by atoms with Gasteiger partial charge >= 0.3 is 12.1 Å². The average Bonchev–Trinajstić information content (AvgIpc) is 3.14. The highest BCUT2D eigenvalue weighted by Crippen LogP contribution is 2.34. The SMILES string of the molecule is CCCOc1ccc(/C=C2\C(=O)N(c3ccc(C(=O)OCC)cc3)N=C2C(F)(F)F)cc1OC. The van der Waals surface area contributed by atoms with E-state index in [1.54, 1.807) is 13.0 Å². The molecule has 1 heterocycles. The number of ether oxygens (including phenoxy) is 3. The summed E-state index contributed by atoms with van der Waals surface area (Å²) in [4.78, 5) is 24.8. The Morgan fingerprint density at radius 2 is 1.79 bits per heavy atom. The lowest BCUT2D eigenvalue weighted by molar-refractivity contribution is -0.114. The predicted molar refractivity (Wildman–Crippen MR) is 120 cm³/mol. The van der Waals surface area contributed by atoms with E-state index in [1.165, 1.54) is 43.5 Å². The van der Waals surface area contributed by atoms with Crippen LogP contribution < -0.4 is 14.5 Å². The average molecular weight is 476 g/mol. The maximum Gasteiger partial charge on any atom is 0.435 e. The van der Waals surface area contributed by atoms with Gasteiger partial charge in [-0.05, 0) is 61.4 Å². The molecular formula is C24H23F3N2O5. The van der Waals surface area contributed by atoms with Crippen LogP contribution in [0.25, 0.3) is 6.08 Å². The molecule has 0 unspecified atom stereocenters. The number of carbonyl (C=O) groups is 2. The third-order valence-corrected chi connectivity index (χ3v) is 4.73. The number of halogens is 3. The smallest absolute Gasteiger partial charge is 0.435 e. The number of methoxy groups -OCH3 is 1. The maximum absolute atomic E-state index is 13.7. The van der Waals surface area contributed by atoms with Gasteiger partial charge in [-0.2, -0.15) is 23.3 Å². The van der Waals surface area contributed by atoms with E-state index >= 15 is 0 Å². The maximum atomic E-state index is 13.7. The van der Waals surface area contributed by atoms with E-state index in [4.69, 9.17) is 14.2 Å². The summed E-state index contributed by atoms with van der Waals surface area (Å²) in [5.74, 6) is -0.772. The number of nitrogens with zero attached hydrogens (tertiary/aromatic N) is 2. The van der Waals surface area contributed by atoms with Gasteiger partial charge in [0.2, 0.25) is 0 Å². The van der Waals surface area contributed by atoms with Crippen LogP contribution in [0.2, 0.25) is 0 Å². The zero-order valence-corrected chi connectivity index (χ0v) is 18.8. The summed E-state index contributed by atoms with van der Waals surface area (Å²) in [7, 11) is 1.41. The molecule has 1 aliphatic heterocycles. The monoisotopic (exact) mass is 476 g/mol. The lowest BCUT2D eigenvalue weighted by Crippen LogP contribution is -2.25. The predicted octanol–water partition coefficient (Wildman–Crippen LogP) is 5.01. The van der Waals surface area contributed by atoms with Gasteiger partial charge in [0.15, 0.2) is 17.2 Å². The van der Waals surface area contributed by atoms with Crippen molar-refractivity contribution in [3.05, 3.63) is 59.2 Å². The Balaban J connectivity index is 1.96. The summed E-state index contributed by atoms with van der Waals surface area (Å²) in [5, 5.41) is 4.19. The molecule has 1 amide bonds. The molecule has 2 aromatic carbocycles. The van der Waals surface area contributed by atoms with Crippen molar-refractivity contribution in [1.29, 1.82) is 0 Å². The number of benzene rings is 2. The van der Waals surface area contributed by atoms with Gasteiger partial charge in [-0.1, -0.05) is 13.0 Å². The highest BCUT2D eigenvalue weighted by Gasteiger charge is 2.46. The Morgan fingerprint density at radius 1 is 1.09 bits per heavy atom. The molecule has 0 bridgehead atoms. The number of hydrogen-bond donors (Lipinski definition) is 0. The molecule has 0 spiro atoms. The molecule has 2 aromatic rings. The molecule has 0 atom stereocenters. The van der Waals surface area contributed by atoms with Gasteiger partial charge in [-0.25, -0.2) is 4.79 Å². The van der Waals surface area contributed by atoms with Crippen LogP contribution in [0, 0.1) is 0 Å². The first-order valence-corrected chi connectivity index (χ1v) is 10.5. The Morgan fingerprint density at radius 3 is 2.38 bits per heavy atom. The lowest BCUT2D eigenvalue weighted by Gasteiger charge is -2.12. The van der Waals surface area contributed by atoms with E-state index in [0.717, 1.165) is 12.5 Å². The van der Waals surface area contributed by atoms with Crippen LogP contribution in [0.1, 0.15) is 36.2 Å². The molecule has 0 aromatic heterocycles. The van der Waals surface area contributed by atoms with Gasteiger partial charge in [0.05, 0.1) is 37.1 Å². The van der Waals surface area contributed by atoms with Crippen molar-refractivity contribution in [2.45, 2.75) is 26.4 Å². The van der Waals surface area contributed by atoms with Crippen molar-refractivity contribution in [3.63, 3.8) is 0 Å². The Bertz CT molecular complexity index is 1120. The van der Waals surface area contributed by atoms with Gasteiger partial charge in [0, 0.05) is 0 Å². The Kier molecular flexibility index (Phi) is 7.60. The summed E-state index contributed by atoms with van der Waals surface area (Å²) in [6.45, 7) is 4.21. The van der Waals surface area contributed by atoms with E-state index in [-0.39, 0.29) is 17.9 Å². The highest BCUT2D eigenvalue weighted by molar-refractivity contribution is 6.34. The lowest BCUT2D eigenvalue weighted by atomic mass is 10.1. The van der Waals surface area contributed by atoms with Crippen LogP contribution in [0.15, 0.2) is 53.1 Å². The summed E-state index contributed by atoms with van der Waals surface area (Å²) >= 11 is 0. The Hall–Kier alpha value is -3.82. The molecule has 0 saturated carbocycles. The second-order valence-corrected chi connectivity index (χ2v) is 7.15. The molecule has 0 saturated heterocycles. The summed E-state index contributed by atoms with van der Waals surface area (Å²) in [6.07, 6.45) is -2.99. The number of amides is 1. The fourth-order valence-electron chi connectivity index (χ4n) is 3.15. The zero-order chi connectivity index (χ0) is 24.9. The minimum atomic E-state index is -4.87. The molecule has 10 heteroatoms. The van der Waals surface area contributed by atoms with Crippen molar-refractivity contribution in [1.82, 2.24) is 0 Å². The quantitative estimate of drug-likeness (QED) is 0.396. The van der Waals surface area contributed by atoms with E-state index in [9.17, 15) is 22.8 Å². The fourth-order valence-corrected chi connectivity index (χ4v) is 3.15. The van der Waals surface area contributed by atoms with Crippen LogP contribution in [0.5, 0.6) is 11.5 Å². The molecule has 0 N–H and O–H groups in total. The minimum Gasteiger partial charge on any atom is -0.493 e. The van der Waals surface area contributed by atoms with Gasteiger partial charge in [0.25, 0.3) is 5.91 Å². The van der Waals surface area contributed by atoms with Crippen LogP contribution in [-0.4, -0.2) is 44.1 Å². The highest BCUT2D eigenvalue weighted by atomic mass is 19.4. The third kappa shape index (κ3) is 5.38. The number of carbonyl (C=O) groups excluding carboxylic acids is 2. The van der Waals surface area contributed by atoms with Crippen molar-refractivity contribution in [2.24, 2.45) is 5.10 Å². The van der Waals surface area contributed by atoms with Gasteiger partial charge in [-0.3, -0.25) is 4.79 Å². The van der Waals surface area contributed by atoms with Crippen LogP contribution in [-0.2, 0) is 9.53 Å². The number of hydrazone groups is 1. The number of alkyl halides is 3. The fraction of sp³-hybridized carbons (Fsp3) is 0.292. The molecule has 0 fully saturated rings. The van der Waals surface area contributed by atoms with Gasteiger partial charge in [0.1, 0.15) is 0 Å². The largest absolute Gasteiger partial charge is 0.493 e.